The van der Waals surface area contributed by atoms with Gasteiger partial charge in [-0.25, -0.2) is 0 Å². The lowest BCUT2D eigenvalue weighted by atomic mass is 10.3. The highest BCUT2D eigenvalue weighted by Gasteiger charge is 2.14. The highest BCUT2D eigenvalue weighted by Crippen LogP contribution is 2.33. The zero-order valence-electron chi connectivity index (χ0n) is 11.0. The van der Waals surface area contributed by atoms with Gasteiger partial charge in [0.15, 0.2) is 0 Å². The normalized spacial score (nSPS) is 10.9. The Morgan fingerprint density at radius 3 is 2.58 bits per heavy atom. The van der Waals surface area contributed by atoms with Gasteiger partial charge in [-0.15, -0.1) is 11.8 Å². The van der Waals surface area contributed by atoms with E-state index < -0.39 is 0 Å². The molecule has 0 aliphatic rings. The van der Waals surface area contributed by atoms with Crippen molar-refractivity contribution in [1.29, 1.82) is 0 Å². The van der Waals surface area contributed by atoms with Gasteiger partial charge in [-0.2, -0.15) is 5.10 Å². The Labute approximate surface area is 135 Å². The third kappa shape index (κ3) is 3.44. The van der Waals surface area contributed by atoms with E-state index in [0.29, 0.717) is 0 Å². The Balaban J connectivity index is 2.20. The van der Waals surface area contributed by atoms with E-state index in [1.54, 1.807) is 0 Å². The van der Waals surface area contributed by atoms with Gasteiger partial charge in [-0.1, -0.05) is 19.1 Å². The van der Waals surface area contributed by atoms with E-state index in [9.17, 15) is 0 Å². The molecule has 5 heteroatoms. The molecule has 0 radical (unpaired) electrons. The molecule has 0 aliphatic carbocycles. The minimum atomic E-state index is 0.907. The molecule has 0 unspecified atom stereocenters. The number of halogens is 2. The van der Waals surface area contributed by atoms with Gasteiger partial charge in [0.2, 0.25) is 0 Å². The minimum Gasteiger partial charge on any atom is -0.268 e. The first-order valence-electron chi connectivity index (χ1n) is 6.28. The van der Waals surface area contributed by atoms with E-state index in [4.69, 9.17) is 0 Å². The van der Waals surface area contributed by atoms with Gasteiger partial charge < -0.3 is 0 Å². The van der Waals surface area contributed by atoms with Gasteiger partial charge in [-0.3, -0.25) is 4.68 Å². The second kappa shape index (κ2) is 6.95. The quantitative estimate of drug-likeness (QED) is 0.631. The monoisotopic (exact) mass is 402 g/mol. The molecule has 0 aliphatic heterocycles. The van der Waals surface area contributed by atoms with Crippen LogP contribution in [0.15, 0.2) is 38.1 Å². The van der Waals surface area contributed by atoms with Crippen molar-refractivity contribution in [3.8, 4) is 0 Å². The summed E-state index contributed by atoms with van der Waals surface area (Å²) in [5, 5.41) is 4.63. The number of nitrogens with zero attached hydrogens (tertiary/aromatic N) is 2. The molecule has 0 N–H and O–H groups in total. The van der Waals surface area contributed by atoms with E-state index in [1.165, 1.54) is 10.6 Å². The second-order valence-corrected chi connectivity index (χ2v) is 6.76. The standard InChI is InChI=1S/C14H16Br2N2S/c1-3-11-14(16)12(18(4-2)17-11)9-19-13-8-6-5-7-10(13)15/h5-8H,3-4,9H2,1-2H3. The second-order valence-electron chi connectivity index (χ2n) is 4.10. The number of benzene rings is 1. The summed E-state index contributed by atoms with van der Waals surface area (Å²) in [7, 11) is 0. The Hall–Kier alpha value is -0.260. The van der Waals surface area contributed by atoms with Crippen LogP contribution in [0.1, 0.15) is 25.2 Å². The molecular weight excluding hydrogens is 388 g/mol. The fourth-order valence-corrected chi connectivity index (χ4v) is 4.35. The van der Waals surface area contributed by atoms with Gasteiger partial charge in [0.25, 0.3) is 0 Å². The van der Waals surface area contributed by atoms with Crippen LogP contribution in [-0.2, 0) is 18.7 Å². The average Bonchev–Trinajstić information content (AvgIpc) is 2.74. The van der Waals surface area contributed by atoms with Crippen LogP contribution >= 0.6 is 43.6 Å². The van der Waals surface area contributed by atoms with Crippen LogP contribution in [0.5, 0.6) is 0 Å². The predicted molar refractivity (Wildman–Crippen MR) is 88.7 cm³/mol. The first-order valence-corrected chi connectivity index (χ1v) is 8.85. The highest BCUT2D eigenvalue weighted by atomic mass is 79.9. The van der Waals surface area contributed by atoms with Gasteiger partial charge in [0.1, 0.15) is 0 Å². The fourth-order valence-electron chi connectivity index (χ4n) is 1.86. The molecule has 2 aromatic rings. The Bertz CT molecular complexity index is 567. The summed E-state index contributed by atoms with van der Waals surface area (Å²) in [6.07, 6.45) is 0.959. The van der Waals surface area contributed by atoms with Crippen molar-refractivity contribution in [1.82, 2.24) is 9.78 Å². The summed E-state index contributed by atoms with van der Waals surface area (Å²) in [5.41, 5.74) is 2.41. The molecule has 0 amide bonds. The number of aryl methyl sites for hydroxylation is 2. The van der Waals surface area contributed by atoms with Crippen molar-refractivity contribution in [3.63, 3.8) is 0 Å². The lowest BCUT2D eigenvalue weighted by molar-refractivity contribution is 0.627. The van der Waals surface area contributed by atoms with Gasteiger partial charge in [0.05, 0.1) is 15.9 Å². The third-order valence-corrected chi connectivity index (χ3v) is 5.85. The molecule has 1 aromatic heterocycles. The summed E-state index contributed by atoms with van der Waals surface area (Å²) in [5.74, 6) is 0.921. The highest BCUT2D eigenvalue weighted by molar-refractivity contribution is 9.10. The van der Waals surface area contributed by atoms with Gasteiger partial charge in [0, 0.05) is 21.7 Å². The summed E-state index contributed by atoms with van der Waals surface area (Å²) in [6, 6.07) is 8.31. The largest absolute Gasteiger partial charge is 0.268 e. The maximum Gasteiger partial charge on any atom is 0.0767 e. The topological polar surface area (TPSA) is 17.8 Å². The summed E-state index contributed by atoms with van der Waals surface area (Å²) in [6.45, 7) is 5.17. The van der Waals surface area contributed by atoms with Crippen molar-refractivity contribution >= 4 is 43.6 Å². The molecule has 102 valence electrons. The summed E-state index contributed by atoms with van der Waals surface area (Å²) >= 11 is 9.10. The van der Waals surface area contributed by atoms with Crippen LogP contribution < -0.4 is 0 Å². The molecule has 1 aromatic carbocycles. The van der Waals surface area contributed by atoms with Crippen LogP contribution in [0.25, 0.3) is 0 Å². The molecule has 2 nitrogen and oxygen atoms in total. The molecule has 0 saturated carbocycles. The molecule has 19 heavy (non-hydrogen) atoms. The number of thioether (sulfide) groups is 1. The third-order valence-electron chi connectivity index (χ3n) is 2.90. The van der Waals surface area contributed by atoms with Crippen molar-refractivity contribution in [2.45, 2.75) is 37.5 Å². The van der Waals surface area contributed by atoms with E-state index in [-0.39, 0.29) is 0 Å². The first-order chi connectivity index (χ1) is 9.17. The van der Waals surface area contributed by atoms with Crippen molar-refractivity contribution in [2.75, 3.05) is 0 Å². The maximum absolute atomic E-state index is 4.63. The van der Waals surface area contributed by atoms with Gasteiger partial charge >= 0.3 is 0 Å². The SMILES string of the molecule is CCc1nn(CC)c(CSc2ccccc2Br)c1Br. The summed E-state index contributed by atoms with van der Waals surface area (Å²) in [4.78, 5) is 1.26. The van der Waals surface area contributed by atoms with Crippen molar-refractivity contribution in [3.05, 3.63) is 44.6 Å². The van der Waals surface area contributed by atoms with Crippen LogP contribution in [0.4, 0.5) is 0 Å². The van der Waals surface area contributed by atoms with Crippen LogP contribution in [0, 0.1) is 0 Å². The molecule has 1 heterocycles. The molecule has 0 saturated heterocycles. The number of hydrogen-bond acceptors (Lipinski definition) is 2. The van der Waals surface area contributed by atoms with E-state index in [1.807, 2.05) is 17.8 Å². The maximum atomic E-state index is 4.63. The van der Waals surface area contributed by atoms with E-state index in [2.05, 4.69) is 73.7 Å². The van der Waals surface area contributed by atoms with Crippen molar-refractivity contribution < 1.29 is 0 Å². The molecule has 0 fully saturated rings. The van der Waals surface area contributed by atoms with Gasteiger partial charge in [-0.05, 0) is 57.3 Å². The zero-order valence-corrected chi connectivity index (χ0v) is 15.0. The smallest absolute Gasteiger partial charge is 0.0767 e. The molecule has 2 rings (SSSR count). The minimum absolute atomic E-state index is 0.907. The first kappa shape index (κ1) is 15.1. The zero-order chi connectivity index (χ0) is 13.8. The fraction of sp³-hybridized carbons (Fsp3) is 0.357. The molecule has 0 atom stereocenters. The number of hydrogen-bond donors (Lipinski definition) is 0. The Kier molecular flexibility index (Phi) is 5.54. The Morgan fingerprint density at radius 2 is 1.95 bits per heavy atom. The Morgan fingerprint density at radius 1 is 1.21 bits per heavy atom. The molecule has 0 bridgehead atoms. The molecular formula is C14H16Br2N2S. The van der Waals surface area contributed by atoms with Crippen LogP contribution in [0.2, 0.25) is 0 Å². The van der Waals surface area contributed by atoms with E-state index >= 15 is 0 Å². The number of aromatic nitrogens is 2. The average molecular weight is 404 g/mol. The van der Waals surface area contributed by atoms with Crippen LogP contribution in [-0.4, -0.2) is 9.78 Å². The summed E-state index contributed by atoms with van der Waals surface area (Å²) < 4.78 is 4.40. The van der Waals surface area contributed by atoms with Crippen molar-refractivity contribution in [2.24, 2.45) is 0 Å². The molecule has 0 spiro atoms. The van der Waals surface area contributed by atoms with E-state index in [0.717, 1.165) is 33.4 Å². The number of rotatable bonds is 5. The lowest BCUT2D eigenvalue weighted by Crippen LogP contribution is -2.01. The lowest BCUT2D eigenvalue weighted by Gasteiger charge is -2.06. The van der Waals surface area contributed by atoms with Crippen LogP contribution in [0.3, 0.4) is 0 Å². The predicted octanol–water partition coefficient (Wildman–Crippen LogP) is 5.28.